The third kappa shape index (κ3) is 5.22. The SMILES string of the molecule is Cc1cccc(-c2nc(C)c(Cc3ccccc3)c(N3CCN(S(=O)(=O)c4ccc5ccccc5c4)CC3)n2)c1. The van der Waals surface area contributed by atoms with E-state index in [1.165, 1.54) is 5.56 Å². The number of sulfonamides is 1. The molecule has 2 heterocycles. The van der Waals surface area contributed by atoms with Crippen LogP contribution in [-0.2, 0) is 16.4 Å². The third-order valence-electron chi connectivity index (χ3n) is 7.59. The number of hydrogen-bond acceptors (Lipinski definition) is 5. The van der Waals surface area contributed by atoms with Gasteiger partial charge in [0, 0.05) is 49.4 Å². The number of nitrogens with zero attached hydrogens (tertiary/aromatic N) is 4. The molecule has 0 atom stereocenters. The molecule has 0 unspecified atom stereocenters. The van der Waals surface area contributed by atoms with Crippen LogP contribution in [0.1, 0.15) is 22.4 Å². The van der Waals surface area contributed by atoms with Gasteiger partial charge in [-0.1, -0.05) is 84.4 Å². The molecule has 0 amide bonds. The third-order valence-corrected chi connectivity index (χ3v) is 9.48. The summed E-state index contributed by atoms with van der Waals surface area (Å²) >= 11 is 0. The normalized spacial score (nSPS) is 14.5. The van der Waals surface area contributed by atoms with Crippen LogP contribution in [0.5, 0.6) is 0 Å². The quantitative estimate of drug-likeness (QED) is 0.260. The molecule has 1 aliphatic heterocycles. The van der Waals surface area contributed by atoms with Crippen LogP contribution in [0.15, 0.2) is 102 Å². The number of anilines is 1. The average molecular weight is 549 g/mol. The van der Waals surface area contributed by atoms with Crippen LogP contribution in [0.4, 0.5) is 5.82 Å². The summed E-state index contributed by atoms with van der Waals surface area (Å²) in [7, 11) is -3.61. The van der Waals surface area contributed by atoms with Crippen molar-refractivity contribution < 1.29 is 8.42 Å². The molecular weight excluding hydrogens is 516 g/mol. The Morgan fingerprint density at radius 3 is 2.20 bits per heavy atom. The van der Waals surface area contributed by atoms with Gasteiger partial charge in [-0.25, -0.2) is 18.4 Å². The second-order valence-corrected chi connectivity index (χ2v) is 12.3. The first-order chi connectivity index (χ1) is 19.4. The van der Waals surface area contributed by atoms with Crippen LogP contribution in [0.25, 0.3) is 22.2 Å². The fourth-order valence-corrected chi connectivity index (χ4v) is 6.84. The Morgan fingerprint density at radius 2 is 1.45 bits per heavy atom. The minimum atomic E-state index is -3.61. The van der Waals surface area contributed by atoms with Gasteiger partial charge in [-0.3, -0.25) is 0 Å². The number of aryl methyl sites for hydroxylation is 2. The van der Waals surface area contributed by atoms with E-state index in [0.717, 1.165) is 39.0 Å². The lowest BCUT2D eigenvalue weighted by molar-refractivity contribution is 0.383. The van der Waals surface area contributed by atoms with Gasteiger partial charge in [-0.15, -0.1) is 0 Å². The van der Waals surface area contributed by atoms with Crippen molar-refractivity contribution in [2.75, 3.05) is 31.1 Å². The van der Waals surface area contributed by atoms with Gasteiger partial charge in [0.05, 0.1) is 4.90 Å². The molecule has 6 nitrogen and oxygen atoms in total. The summed E-state index contributed by atoms with van der Waals surface area (Å²) in [4.78, 5) is 12.6. The maximum Gasteiger partial charge on any atom is 0.243 e. The zero-order valence-electron chi connectivity index (χ0n) is 22.8. The summed E-state index contributed by atoms with van der Waals surface area (Å²) in [6.45, 7) is 6.00. The van der Waals surface area contributed by atoms with Crippen LogP contribution < -0.4 is 4.90 Å². The Balaban J connectivity index is 1.31. The summed E-state index contributed by atoms with van der Waals surface area (Å²) < 4.78 is 28.8. The van der Waals surface area contributed by atoms with E-state index in [1.54, 1.807) is 16.4 Å². The van der Waals surface area contributed by atoms with Gasteiger partial charge in [0.25, 0.3) is 0 Å². The monoisotopic (exact) mass is 548 g/mol. The van der Waals surface area contributed by atoms with Gasteiger partial charge in [-0.05, 0) is 48.4 Å². The van der Waals surface area contributed by atoms with E-state index in [0.29, 0.717) is 43.3 Å². The Bertz CT molecular complexity index is 1780. The van der Waals surface area contributed by atoms with Crippen molar-refractivity contribution in [3.8, 4) is 11.4 Å². The predicted octanol–water partition coefficient (Wildman–Crippen LogP) is 6.02. The lowest BCUT2D eigenvalue weighted by atomic mass is 10.0. The Kier molecular flexibility index (Phi) is 7.09. The molecule has 0 radical (unpaired) electrons. The van der Waals surface area contributed by atoms with Crippen molar-refractivity contribution in [3.05, 3.63) is 119 Å². The minimum Gasteiger partial charge on any atom is -0.354 e. The van der Waals surface area contributed by atoms with Gasteiger partial charge >= 0.3 is 0 Å². The van der Waals surface area contributed by atoms with Crippen LogP contribution in [0.2, 0.25) is 0 Å². The number of benzene rings is 4. The van der Waals surface area contributed by atoms with Gasteiger partial charge in [0.2, 0.25) is 10.0 Å². The first kappa shape index (κ1) is 26.2. The Hall–Kier alpha value is -4.07. The van der Waals surface area contributed by atoms with E-state index in [9.17, 15) is 8.42 Å². The zero-order chi connectivity index (χ0) is 27.7. The number of hydrogen-bond donors (Lipinski definition) is 0. The summed E-state index contributed by atoms with van der Waals surface area (Å²) in [6, 6.07) is 31.8. The van der Waals surface area contributed by atoms with Crippen molar-refractivity contribution in [1.82, 2.24) is 14.3 Å². The molecule has 40 heavy (non-hydrogen) atoms. The molecule has 0 spiro atoms. The van der Waals surface area contributed by atoms with Crippen LogP contribution in [0.3, 0.4) is 0 Å². The van der Waals surface area contributed by atoms with Crippen LogP contribution in [0, 0.1) is 13.8 Å². The highest BCUT2D eigenvalue weighted by Crippen LogP contribution is 2.30. The van der Waals surface area contributed by atoms with Crippen molar-refractivity contribution in [1.29, 1.82) is 0 Å². The second kappa shape index (κ2) is 10.8. The van der Waals surface area contributed by atoms with Crippen molar-refractivity contribution >= 4 is 26.6 Å². The van der Waals surface area contributed by atoms with E-state index < -0.39 is 10.0 Å². The molecule has 1 aliphatic rings. The molecule has 7 heteroatoms. The van der Waals surface area contributed by atoms with E-state index in [1.807, 2.05) is 67.6 Å². The predicted molar refractivity (Wildman–Crippen MR) is 161 cm³/mol. The largest absolute Gasteiger partial charge is 0.354 e. The smallest absolute Gasteiger partial charge is 0.243 e. The van der Waals surface area contributed by atoms with E-state index in [2.05, 4.69) is 36.1 Å². The molecule has 1 aromatic heterocycles. The standard InChI is InChI=1S/C33H32N4O2S/c1-24-9-8-14-29(21-24)32-34-25(2)31(22-26-10-4-3-5-11-26)33(35-32)36-17-19-37(20-18-36)40(38,39)30-16-15-27-12-6-7-13-28(27)23-30/h3-16,21,23H,17-20,22H2,1-2H3. The summed E-state index contributed by atoms with van der Waals surface area (Å²) in [5.74, 6) is 1.58. The molecule has 0 aliphatic carbocycles. The lowest BCUT2D eigenvalue weighted by Crippen LogP contribution is -2.49. The van der Waals surface area contributed by atoms with E-state index >= 15 is 0 Å². The van der Waals surface area contributed by atoms with Gasteiger partial charge < -0.3 is 4.90 Å². The Morgan fingerprint density at radius 1 is 0.725 bits per heavy atom. The first-order valence-electron chi connectivity index (χ1n) is 13.6. The molecule has 0 N–H and O–H groups in total. The number of rotatable bonds is 6. The van der Waals surface area contributed by atoms with Crippen molar-refractivity contribution in [2.24, 2.45) is 0 Å². The summed E-state index contributed by atoms with van der Waals surface area (Å²) in [5.41, 5.74) is 5.34. The molecule has 1 saturated heterocycles. The molecule has 202 valence electrons. The number of piperazine rings is 1. The second-order valence-electron chi connectivity index (χ2n) is 10.4. The van der Waals surface area contributed by atoms with Gasteiger partial charge in [0.1, 0.15) is 5.82 Å². The van der Waals surface area contributed by atoms with E-state index in [4.69, 9.17) is 9.97 Å². The average Bonchev–Trinajstić information content (AvgIpc) is 2.98. The molecule has 4 aromatic carbocycles. The fraction of sp³-hybridized carbons (Fsp3) is 0.212. The van der Waals surface area contributed by atoms with E-state index in [-0.39, 0.29) is 0 Å². The summed E-state index contributed by atoms with van der Waals surface area (Å²) in [5, 5.41) is 1.95. The molecule has 5 aromatic rings. The fourth-order valence-electron chi connectivity index (χ4n) is 5.38. The first-order valence-corrected chi connectivity index (χ1v) is 15.0. The van der Waals surface area contributed by atoms with Crippen molar-refractivity contribution in [2.45, 2.75) is 25.2 Å². The highest BCUT2D eigenvalue weighted by atomic mass is 32.2. The van der Waals surface area contributed by atoms with Gasteiger partial charge in [-0.2, -0.15) is 4.31 Å². The lowest BCUT2D eigenvalue weighted by Gasteiger charge is -2.36. The molecule has 1 fully saturated rings. The summed E-state index contributed by atoms with van der Waals surface area (Å²) in [6.07, 6.45) is 0.714. The highest BCUT2D eigenvalue weighted by Gasteiger charge is 2.30. The van der Waals surface area contributed by atoms with Crippen LogP contribution >= 0.6 is 0 Å². The molecule has 0 saturated carbocycles. The number of aromatic nitrogens is 2. The maximum absolute atomic E-state index is 13.6. The Labute approximate surface area is 236 Å². The maximum atomic E-state index is 13.6. The van der Waals surface area contributed by atoms with Crippen LogP contribution in [-0.4, -0.2) is 48.9 Å². The molecule has 0 bridgehead atoms. The molecule has 6 rings (SSSR count). The molecular formula is C33H32N4O2S. The number of fused-ring (bicyclic) bond motifs is 1. The zero-order valence-corrected chi connectivity index (χ0v) is 23.6. The highest BCUT2D eigenvalue weighted by molar-refractivity contribution is 7.89. The topological polar surface area (TPSA) is 66.4 Å². The van der Waals surface area contributed by atoms with Crippen molar-refractivity contribution in [3.63, 3.8) is 0 Å². The van der Waals surface area contributed by atoms with Gasteiger partial charge in [0.15, 0.2) is 5.82 Å². The minimum absolute atomic E-state index is 0.337.